The van der Waals surface area contributed by atoms with E-state index < -0.39 is 16.6 Å². The van der Waals surface area contributed by atoms with Crippen LogP contribution in [0.5, 0.6) is 0 Å². The number of fused-ring (bicyclic) bond motifs is 3. The molecule has 4 unspecified atom stereocenters. The Morgan fingerprint density at radius 1 is 0.629 bits per heavy atom. The summed E-state index contributed by atoms with van der Waals surface area (Å²) in [5.41, 5.74) is 2.93. The van der Waals surface area contributed by atoms with Crippen LogP contribution in [0.2, 0.25) is 0 Å². The normalized spacial score (nSPS) is 18.0. The Morgan fingerprint density at radius 2 is 0.943 bits per heavy atom. The second-order valence-electron chi connectivity index (χ2n) is 12.2. The minimum absolute atomic E-state index is 0.137. The van der Waals surface area contributed by atoms with Crippen LogP contribution in [0.3, 0.4) is 0 Å². The van der Waals surface area contributed by atoms with Gasteiger partial charge in [-0.1, -0.05) is 76.2 Å². The largest absolute Gasteiger partial charge is 0.460 e. The van der Waals surface area contributed by atoms with Crippen LogP contribution in [0.25, 0.3) is 11.1 Å². The molecule has 0 radical (unpaired) electrons. The average Bonchev–Trinajstić information content (AvgIpc) is 3.06. The SMILES string of the molecule is CC(C(=O)OC(C)(C)C)C(C)C1(C(C)C(C)C(=O)OC(C)(C)C)c2ccccc2-c2ccccc21. The first-order valence-corrected chi connectivity index (χ1v) is 12.8. The van der Waals surface area contributed by atoms with Crippen LogP contribution in [0.15, 0.2) is 48.5 Å². The predicted octanol–water partition coefficient (Wildman–Crippen LogP) is 7.18. The fraction of sp³-hybridized carbons (Fsp3) is 0.548. The highest BCUT2D eigenvalue weighted by molar-refractivity contribution is 5.83. The summed E-state index contributed by atoms with van der Waals surface area (Å²) in [5, 5.41) is 0. The first kappa shape index (κ1) is 27.0. The smallest absolute Gasteiger partial charge is 0.309 e. The summed E-state index contributed by atoms with van der Waals surface area (Å²) in [7, 11) is 0. The molecular weight excluding hydrogens is 436 g/mol. The Kier molecular flexibility index (Phi) is 7.28. The maximum Gasteiger partial charge on any atom is 0.309 e. The molecule has 0 fully saturated rings. The minimum Gasteiger partial charge on any atom is -0.460 e. The zero-order valence-electron chi connectivity index (χ0n) is 23.1. The van der Waals surface area contributed by atoms with Gasteiger partial charge < -0.3 is 9.47 Å². The van der Waals surface area contributed by atoms with Crippen molar-refractivity contribution in [3.63, 3.8) is 0 Å². The van der Waals surface area contributed by atoms with Gasteiger partial charge >= 0.3 is 11.9 Å². The van der Waals surface area contributed by atoms with Gasteiger partial charge in [0.15, 0.2) is 0 Å². The van der Waals surface area contributed by atoms with Crippen LogP contribution in [-0.2, 0) is 24.5 Å². The molecule has 190 valence electrons. The molecule has 0 aromatic heterocycles. The predicted molar refractivity (Wildman–Crippen MR) is 141 cm³/mol. The van der Waals surface area contributed by atoms with E-state index in [-0.39, 0.29) is 35.6 Å². The minimum atomic E-state index is -0.570. The van der Waals surface area contributed by atoms with E-state index in [0.717, 1.165) is 22.3 Å². The van der Waals surface area contributed by atoms with E-state index in [4.69, 9.17) is 9.47 Å². The molecule has 0 bridgehead atoms. The molecule has 1 aliphatic carbocycles. The van der Waals surface area contributed by atoms with Gasteiger partial charge in [0.2, 0.25) is 0 Å². The second-order valence-corrected chi connectivity index (χ2v) is 12.2. The Morgan fingerprint density at radius 3 is 1.26 bits per heavy atom. The summed E-state index contributed by atoms with van der Waals surface area (Å²) < 4.78 is 11.6. The summed E-state index contributed by atoms with van der Waals surface area (Å²) in [4.78, 5) is 26.6. The van der Waals surface area contributed by atoms with Crippen molar-refractivity contribution in [1.82, 2.24) is 0 Å². The van der Waals surface area contributed by atoms with Gasteiger partial charge in [0, 0.05) is 5.41 Å². The Labute approximate surface area is 211 Å². The highest BCUT2D eigenvalue weighted by Crippen LogP contribution is 2.59. The number of hydrogen-bond donors (Lipinski definition) is 0. The van der Waals surface area contributed by atoms with Crippen molar-refractivity contribution in [1.29, 1.82) is 0 Å². The molecule has 1 aliphatic rings. The van der Waals surface area contributed by atoms with E-state index in [0.29, 0.717) is 0 Å². The molecule has 0 amide bonds. The molecule has 0 aliphatic heterocycles. The van der Waals surface area contributed by atoms with Crippen molar-refractivity contribution in [3.8, 4) is 11.1 Å². The number of hydrogen-bond acceptors (Lipinski definition) is 4. The van der Waals surface area contributed by atoms with Crippen LogP contribution in [0.1, 0.15) is 80.4 Å². The number of carbonyl (C=O) groups is 2. The lowest BCUT2D eigenvalue weighted by Crippen LogP contribution is -2.49. The summed E-state index contributed by atoms with van der Waals surface area (Å²) in [5.74, 6) is -1.49. The fourth-order valence-electron chi connectivity index (χ4n) is 5.68. The number of rotatable bonds is 6. The second kappa shape index (κ2) is 9.44. The molecule has 0 saturated heterocycles. The molecule has 0 spiro atoms. The number of benzene rings is 2. The van der Waals surface area contributed by atoms with Gasteiger partial charge in [0.05, 0.1) is 11.8 Å². The molecular formula is C31H42O4. The van der Waals surface area contributed by atoms with Gasteiger partial charge in [-0.2, -0.15) is 0 Å². The van der Waals surface area contributed by atoms with Gasteiger partial charge in [-0.05, 0) is 75.6 Å². The number of esters is 2. The maximum absolute atomic E-state index is 13.3. The summed E-state index contributed by atoms with van der Waals surface area (Å²) in [6.07, 6.45) is 0. The number of carbonyl (C=O) groups excluding carboxylic acids is 2. The number of ether oxygens (including phenoxy) is 2. The quantitative estimate of drug-likeness (QED) is 0.413. The lowest BCUT2D eigenvalue weighted by Gasteiger charge is -2.47. The van der Waals surface area contributed by atoms with Crippen LogP contribution in [0.4, 0.5) is 0 Å². The van der Waals surface area contributed by atoms with Crippen molar-refractivity contribution in [3.05, 3.63) is 59.7 Å². The topological polar surface area (TPSA) is 52.6 Å². The summed E-state index contributed by atoms with van der Waals surface area (Å²) in [6.45, 7) is 19.5. The van der Waals surface area contributed by atoms with E-state index >= 15 is 0 Å². The molecule has 4 heteroatoms. The lowest BCUT2D eigenvalue weighted by atomic mass is 9.56. The van der Waals surface area contributed by atoms with Gasteiger partial charge in [-0.15, -0.1) is 0 Å². The fourth-order valence-corrected chi connectivity index (χ4v) is 5.68. The first-order chi connectivity index (χ1) is 16.1. The van der Waals surface area contributed by atoms with Crippen molar-refractivity contribution in [2.75, 3.05) is 0 Å². The van der Waals surface area contributed by atoms with Crippen LogP contribution >= 0.6 is 0 Å². The Balaban J connectivity index is 2.21. The zero-order chi connectivity index (χ0) is 26.3. The summed E-state index contributed by atoms with van der Waals surface area (Å²) in [6, 6.07) is 16.8. The molecule has 0 saturated carbocycles. The van der Waals surface area contributed by atoms with Crippen LogP contribution < -0.4 is 0 Å². The lowest BCUT2D eigenvalue weighted by molar-refractivity contribution is -0.163. The van der Waals surface area contributed by atoms with Gasteiger partial charge in [0.1, 0.15) is 11.2 Å². The standard InChI is InChI=1S/C31H42O4/c1-19(27(32)34-29(5,6)7)21(3)31(22(4)20(2)28(33)35-30(8,9)10)25-17-13-11-15-23(25)24-16-12-14-18-26(24)31/h11-22H,1-10H3. The third-order valence-electron chi connectivity index (χ3n) is 7.53. The van der Waals surface area contributed by atoms with Crippen molar-refractivity contribution in [2.24, 2.45) is 23.7 Å². The monoisotopic (exact) mass is 478 g/mol. The Hall–Kier alpha value is -2.62. The van der Waals surface area contributed by atoms with E-state index in [9.17, 15) is 9.59 Å². The first-order valence-electron chi connectivity index (χ1n) is 12.8. The van der Waals surface area contributed by atoms with Crippen molar-refractivity contribution in [2.45, 2.75) is 85.9 Å². The van der Waals surface area contributed by atoms with Crippen LogP contribution in [-0.4, -0.2) is 23.1 Å². The molecule has 2 aromatic carbocycles. The van der Waals surface area contributed by atoms with E-state index in [1.54, 1.807) is 0 Å². The zero-order valence-corrected chi connectivity index (χ0v) is 23.1. The molecule has 0 N–H and O–H groups in total. The van der Waals surface area contributed by atoms with E-state index in [1.807, 2.05) is 55.4 Å². The molecule has 4 nitrogen and oxygen atoms in total. The Bertz CT molecular complexity index is 998. The molecule has 2 aromatic rings. The van der Waals surface area contributed by atoms with Gasteiger partial charge in [-0.3, -0.25) is 9.59 Å². The highest BCUT2D eigenvalue weighted by Gasteiger charge is 2.55. The van der Waals surface area contributed by atoms with Crippen molar-refractivity contribution < 1.29 is 19.1 Å². The van der Waals surface area contributed by atoms with Crippen molar-refractivity contribution >= 4 is 11.9 Å². The average molecular weight is 479 g/mol. The summed E-state index contributed by atoms with van der Waals surface area (Å²) >= 11 is 0. The highest BCUT2D eigenvalue weighted by atomic mass is 16.6. The van der Waals surface area contributed by atoms with Gasteiger partial charge in [0.25, 0.3) is 0 Å². The molecule has 3 rings (SSSR count). The third kappa shape index (κ3) is 5.03. The molecule has 35 heavy (non-hydrogen) atoms. The maximum atomic E-state index is 13.3. The van der Waals surface area contributed by atoms with Crippen LogP contribution in [0, 0.1) is 23.7 Å². The third-order valence-corrected chi connectivity index (χ3v) is 7.53. The van der Waals surface area contributed by atoms with Gasteiger partial charge in [-0.25, -0.2) is 0 Å². The van der Waals surface area contributed by atoms with E-state index in [2.05, 4.69) is 62.4 Å². The van der Waals surface area contributed by atoms with E-state index in [1.165, 1.54) is 0 Å². The molecule has 4 atom stereocenters. The molecule has 0 heterocycles.